The van der Waals surface area contributed by atoms with Crippen LogP contribution in [0.15, 0.2) is 53.3 Å². The largest absolute Gasteiger partial charge is 0.444 e. The molecule has 1 aliphatic rings. The summed E-state index contributed by atoms with van der Waals surface area (Å²) in [7, 11) is 3.23. The number of ether oxygens (including phenoxy) is 1. The predicted octanol–water partition coefficient (Wildman–Crippen LogP) is 3.11. The molecule has 7 nitrogen and oxygen atoms in total. The minimum atomic E-state index is -1.05. The maximum atomic E-state index is 12.9. The molecule has 0 N–H and O–H groups in total. The normalized spacial score (nSPS) is 14.4. The Morgan fingerprint density at radius 2 is 1.84 bits per heavy atom. The van der Waals surface area contributed by atoms with Gasteiger partial charge in [0, 0.05) is 32.6 Å². The van der Waals surface area contributed by atoms with Gasteiger partial charge in [0.25, 0.3) is 11.5 Å². The fourth-order valence-electron chi connectivity index (χ4n) is 3.84. The fraction of sp³-hybridized carbons (Fsp3) is 0.333. The molecule has 160 valence electrons. The molecule has 0 aliphatic carbocycles. The number of nitrogens with zero attached hydrogens (tertiary/aromatic N) is 3. The third-order valence-electron chi connectivity index (χ3n) is 5.54. The van der Waals surface area contributed by atoms with Gasteiger partial charge in [-0.3, -0.25) is 14.2 Å². The Labute approximate surface area is 180 Å². The summed E-state index contributed by atoms with van der Waals surface area (Å²) in [5.41, 5.74) is 1.25. The number of rotatable bonds is 4. The number of esters is 1. The number of hydrogen-bond acceptors (Lipinski definition) is 5. The molecule has 1 aliphatic heterocycles. The first-order valence-electron chi connectivity index (χ1n) is 10.5. The van der Waals surface area contributed by atoms with Crippen molar-refractivity contribution in [3.63, 3.8) is 0 Å². The van der Waals surface area contributed by atoms with E-state index in [1.807, 2.05) is 6.07 Å². The second-order valence-electron chi connectivity index (χ2n) is 7.96. The number of benzene rings is 2. The van der Waals surface area contributed by atoms with Gasteiger partial charge in [0.1, 0.15) is 5.82 Å². The average Bonchev–Trinajstić information content (AvgIpc) is 3.03. The van der Waals surface area contributed by atoms with Gasteiger partial charge in [0.15, 0.2) is 0 Å². The zero-order chi connectivity index (χ0) is 22.0. The summed E-state index contributed by atoms with van der Waals surface area (Å²) in [5, 5.41) is 0.478. The molecule has 1 aromatic heterocycles. The van der Waals surface area contributed by atoms with Crippen LogP contribution in [-0.2, 0) is 22.5 Å². The van der Waals surface area contributed by atoms with Crippen molar-refractivity contribution < 1.29 is 14.3 Å². The summed E-state index contributed by atoms with van der Waals surface area (Å²) in [6.07, 6.45) is 2.71. The van der Waals surface area contributed by atoms with Gasteiger partial charge in [-0.25, -0.2) is 9.78 Å². The van der Waals surface area contributed by atoms with E-state index in [1.165, 1.54) is 4.90 Å². The van der Waals surface area contributed by atoms with Crippen LogP contribution in [0.2, 0.25) is 0 Å². The lowest BCUT2D eigenvalue weighted by atomic mass is 10.1. The van der Waals surface area contributed by atoms with E-state index in [0.29, 0.717) is 23.0 Å². The highest BCUT2D eigenvalue weighted by atomic mass is 16.5. The number of carbonyl (C=O) groups is 2. The van der Waals surface area contributed by atoms with Crippen molar-refractivity contribution in [1.82, 2.24) is 14.5 Å². The van der Waals surface area contributed by atoms with Gasteiger partial charge in [-0.15, -0.1) is 0 Å². The van der Waals surface area contributed by atoms with E-state index in [1.54, 1.807) is 61.1 Å². The summed E-state index contributed by atoms with van der Waals surface area (Å²) in [6.45, 7) is 0.673. The number of aromatic nitrogens is 2. The SMILES string of the molecule is CN(C)C(=O)[C@H](OC(=O)c1ccc2c(=O)n3c(nc2c1)CCCCC3)c1ccccc1. The highest BCUT2D eigenvalue weighted by molar-refractivity contribution is 5.96. The summed E-state index contributed by atoms with van der Waals surface area (Å²) in [5.74, 6) is -0.213. The van der Waals surface area contributed by atoms with Crippen molar-refractivity contribution in [2.24, 2.45) is 0 Å². The number of likely N-dealkylation sites (N-methyl/N-ethyl adjacent to an activating group) is 1. The van der Waals surface area contributed by atoms with E-state index < -0.39 is 12.1 Å². The summed E-state index contributed by atoms with van der Waals surface area (Å²) in [4.78, 5) is 44.5. The van der Waals surface area contributed by atoms with Gasteiger partial charge >= 0.3 is 5.97 Å². The Balaban J connectivity index is 1.68. The molecule has 0 fully saturated rings. The van der Waals surface area contributed by atoms with E-state index in [0.717, 1.165) is 31.5 Å². The summed E-state index contributed by atoms with van der Waals surface area (Å²) >= 11 is 0. The van der Waals surface area contributed by atoms with Crippen LogP contribution in [-0.4, -0.2) is 40.4 Å². The summed E-state index contributed by atoms with van der Waals surface area (Å²) < 4.78 is 7.36. The fourth-order valence-corrected chi connectivity index (χ4v) is 3.84. The number of amides is 1. The molecule has 0 saturated heterocycles. The van der Waals surface area contributed by atoms with Gasteiger partial charge < -0.3 is 9.64 Å². The van der Waals surface area contributed by atoms with Gasteiger partial charge in [-0.1, -0.05) is 36.8 Å². The molecule has 0 unspecified atom stereocenters. The number of carbonyl (C=O) groups excluding carboxylic acids is 2. The molecule has 2 heterocycles. The zero-order valence-corrected chi connectivity index (χ0v) is 17.7. The molecular formula is C24H25N3O4. The van der Waals surface area contributed by atoms with Crippen LogP contribution in [0.4, 0.5) is 0 Å². The maximum absolute atomic E-state index is 12.9. The number of aryl methyl sites for hydroxylation is 1. The molecule has 1 amide bonds. The topological polar surface area (TPSA) is 81.5 Å². The first-order chi connectivity index (χ1) is 15.0. The monoisotopic (exact) mass is 419 g/mol. The smallest absolute Gasteiger partial charge is 0.339 e. The average molecular weight is 419 g/mol. The first kappa shape index (κ1) is 20.8. The Hall–Kier alpha value is -3.48. The standard InChI is InChI=1S/C24H25N3O4/c1-26(2)23(29)21(16-9-5-3-6-10-16)31-24(30)17-12-13-18-19(15-17)25-20-11-7-4-8-14-27(20)22(18)28/h3,5-6,9-10,12-13,15,21H,4,7-8,11,14H2,1-2H3/t21-/m1/s1. The quantitative estimate of drug-likeness (QED) is 0.607. The van der Waals surface area contributed by atoms with Crippen LogP contribution in [0.5, 0.6) is 0 Å². The highest BCUT2D eigenvalue weighted by Gasteiger charge is 2.27. The zero-order valence-electron chi connectivity index (χ0n) is 17.7. The van der Waals surface area contributed by atoms with Crippen LogP contribution in [0.3, 0.4) is 0 Å². The van der Waals surface area contributed by atoms with Crippen molar-refractivity contribution >= 4 is 22.8 Å². The summed E-state index contributed by atoms with van der Waals surface area (Å²) in [6, 6.07) is 13.7. The lowest BCUT2D eigenvalue weighted by Crippen LogP contribution is -2.31. The van der Waals surface area contributed by atoms with E-state index in [-0.39, 0.29) is 17.0 Å². The molecular weight excluding hydrogens is 394 g/mol. The van der Waals surface area contributed by atoms with Crippen LogP contribution in [0.25, 0.3) is 10.9 Å². The molecule has 3 aromatic rings. The van der Waals surface area contributed by atoms with Crippen LogP contribution >= 0.6 is 0 Å². The van der Waals surface area contributed by atoms with E-state index in [9.17, 15) is 14.4 Å². The third-order valence-corrected chi connectivity index (χ3v) is 5.54. The molecule has 2 aromatic carbocycles. The minimum Gasteiger partial charge on any atom is -0.444 e. The van der Waals surface area contributed by atoms with Crippen molar-refractivity contribution in [1.29, 1.82) is 0 Å². The lowest BCUT2D eigenvalue weighted by molar-refractivity contribution is -0.138. The third kappa shape index (κ3) is 4.21. The van der Waals surface area contributed by atoms with Crippen molar-refractivity contribution in [3.8, 4) is 0 Å². The van der Waals surface area contributed by atoms with Gasteiger partial charge in [-0.05, 0) is 31.0 Å². The van der Waals surface area contributed by atoms with E-state index in [4.69, 9.17) is 4.74 Å². The van der Waals surface area contributed by atoms with Crippen molar-refractivity contribution in [2.45, 2.75) is 38.3 Å². The maximum Gasteiger partial charge on any atom is 0.339 e. The van der Waals surface area contributed by atoms with Gasteiger partial charge in [-0.2, -0.15) is 0 Å². The molecule has 0 saturated carbocycles. The molecule has 7 heteroatoms. The van der Waals surface area contributed by atoms with E-state index in [2.05, 4.69) is 4.98 Å². The van der Waals surface area contributed by atoms with Crippen molar-refractivity contribution in [3.05, 3.63) is 75.8 Å². The molecule has 31 heavy (non-hydrogen) atoms. The van der Waals surface area contributed by atoms with Crippen LogP contribution < -0.4 is 5.56 Å². The second kappa shape index (κ2) is 8.71. The van der Waals surface area contributed by atoms with Gasteiger partial charge in [0.2, 0.25) is 6.10 Å². The van der Waals surface area contributed by atoms with Crippen LogP contribution in [0.1, 0.15) is 47.1 Å². The van der Waals surface area contributed by atoms with Crippen LogP contribution in [0, 0.1) is 0 Å². The Morgan fingerprint density at radius 3 is 2.58 bits per heavy atom. The Kier molecular flexibility index (Phi) is 5.84. The first-order valence-corrected chi connectivity index (χ1v) is 10.5. The highest BCUT2D eigenvalue weighted by Crippen LogP contribution is 2.23. The molecule has 0 radical (unpaired) electrons. The van der Waals surface area contributed by atoms with Crippen molar-refractivity contribution in [2.75, 3.05) is 14.1 Å². The lowest BCUT2D eigenvalue weighted by Gasteiger charge is -2.21. The molecule has 1 atom stereocenters. The Bertz CT molecular complexity index is 1180. The minimum absolute atomic E-state index is 0.0771. The molecule has 0 spiro atoms. The second-order valence-corrected chi connectivity index (χ2v) is 7.96. The number of fused-ring (bicyclic) bond motifs is 2. The predicted molar refractivity (Wildman–Crippen MR) is 117 cm³/mol. The van der Waals surface area contributed by atoms with E-state index >= 15 is 0 Å². The number of hydrogen-bond donors (Lipinski definition) is 0. The Morgan fingerprint density at radius 1 is 1.06 bits per heavy atom. The van der Waals surface area contributed by atoms with Gasteiger partial charge in [0.05, 0.1) is 16.5 Å². The molecule has 0 bridgehead atoms. The molecule has 4 rings (SSSR count).